The topological polar surface area (TPSA) is 207 Å². The van der Waals surface area contributed by atoms with Gasteiger partial charge in [0, 0.05) is 0 Å². The van der Waals surface area contributed by atoms with E-state index in [9.17, 15) is 24.2 Å². The molecule has 2 saturated heterocycles. The number of nitrogens with zero attached hydrogens (tertiary/aromatic N) is 4. The molecule has 0 radical (unpaired) electrons. The highest BCUT2D eigenvalue weighted by Crippen LogP contribution is 2.52. The highest BCUT2D eigenvalue weighted by molar-refractivity contribution is 7.47. The second-order valence-corrected chi connectivity index (χ2v) is 7.54. The minimum atomic E-state index is -4.27. The minimum Gasteiger partial charge on any atom is -0.480 e. The number of aliphatic carboxylic acids is 1. The second kappa shape index (κ2) is 7.29. The predicted octanol–water partition coefficient (Wildman–Crippen LogP) is -1.19. The second-order valence-electron chi connectivity index (χ2n) is 6.14. The fourth-order valence-corrected chi connectivity index (χ4v) is 3.97. The SMILES string of the molecule is O=C(O)CNC(=O)Nc1ncnc2c1ncn2[C@@H]1O[C@@H]2COP(=O)(O)O[C@H]2[C@H]1O. The Morgan fingerprint density at radius 2 is 2.14 bits per heavy atom. The van der Waals surface area contributed by atoms with Crippen molar-refractivity contribution < 1.29 is 43.0 Å². The lowest BCUT2D eigenvalue weighted by Crippen LogP contribution is -2.39. The van der Waals surface area contributed by atoms with E-state index in [1.54, 1.807) is 0 Å². The van der Waals surface area contributed by atoms with E-state index < -0.39 is 50.9 Å². The smallest absolute Gasteiger partial charge is 0.472 e. The molecule has 0 aliphatic carbocycles. The summed E-state index contributed by atoms with van der Waals surface area (Å²) >= 11 is 0. The summed E-state index contributed by atoms with van der Waals surface area (Å²) in [6.07, 6.45) is -1.86. The first-order chi connectivity index (χ1) is 13.7. The average Bonchev–Trinajstić information content (AvgIpc) is 3.21. The number of carboxylic acids is 1. The number of aromatic nitrogens is 4. The first-order valence-electron chi connectivity index (χ1n) is 8.18. The van der Waals surface area contributed by atoms with Crippen molar-refractivity contribution >= 4 is 36.8 Å². The molecule has 1 unspecified atom stereocenters. The lowest BCUT2D eigenvalue weighted by atomic mass is 10.1. The van der Waals surface area contributed by atoms with Crippen LogP contribution >= 0.6 is 7.82 Å². The number of carboxylic acid groups (broad SMARTS) is 1. The molecule has 5 N–H and O–H groups in total. The Hall–Kier alpha value is -2.68. The van der Waals surface area contributed by atoms with Gasteiger partial charge in [-0.05, 0) is 0 Å². The molecule has 4 rings (SSSR count). The molecule has 0 saturated carbocycles. The number of phosphoric acid groups is 1. The van der Waals surface area contributed by atoms with Gasteiger partial charge in [-0.25, -0.2) is 24.3 Å². The fraction of sp³-hybridized carbons (Fsp3) is 0.462. The normalized spacial score (nSPS) is 31.4. The Labute approximate surface area is 161 Å². The zero-order chi connectivity index (χ0) is 20.8. The molecule has 2 aromatic rings. The number of fused-ring (bicyclic) bond motifs is 2. The van der Waals surface area contributed by atoms with Crippen LogP contribution in [0.1, 0.15) is 6.23 Å². The van der Waals surface area contributed by atoms with Gasteiger partial charge >= 0.3 is 19.8 Å². The number of imidazole rings is 1. The molecule has 2 amide bonds. The Kier molecular flexibility index (Phi) is 4.94. The van der Waals surface area contributed by atoms with Gasteiger partial charge < -0.3 is 25.2 Å². The summed E-state index contributed by atoms with van der Waals surface area (Å²) in [5, 5.41) is 23.6. The van der Waals surface area contributed by atoms with Crippen molar-refractivity contribution in [2.45, 2.75) is 24.5 Å². The third kappa shape index (κ3) is 3.78. The summed E-state index contributed by atoms with van der Waals surface area (Å²) in [5.41, 5.74) is 0.331. The van der Waals surface area contributed by atoms with Crippen LogP contribution in [0.4, 0.5) is 10.6 Å². The summed E-state index contributed by atoms with van der Waals surface area (Å²) in [4.78, 5) is 43.8. The number of urea groups is 1. The van der Waals surface area contributed by atoms with Crippen molar-refractivity contribution in [1.29, 1.82) is 0 Å². The average molecular weight is 430 g/mol. The van der Waals surface area contributed by atoms with E-state index in [1.807, 2.05) is 0 Å². The molecule has 0 aromatic carbocycles. The molecule has 15 nitrogen and oxygen atoms in total. The van der Waals surface area contributed by atoms with Crippen molar-refractivity contribution in [3.8, 4) is 0 Å². The van der Waals surface area contributed by atoms with Gasteiger partial charge in [0.05, 0.1) is 12.9 Å². The summed E-state index contributed by atoms with van der Waals surface area (Å²) < 4.78 is 28.2. The van der Waals surface area contributed by atoms with Gasteiger partial charge in [0.2, 0.25) is 0 Å². The number of rotatable bonds is 4. The minimum absolute atomic E-state index is 0.000912. The summed E-state index contributed by atoms with van der Waals surface area (Å²) in [7, 11) is -4.27. The van der Waals surface area contributed by atoms with Gasteiger partial charge in [0.25, 0.3) is 0 Å². The van der Waals surface area contributed by atoms with Gasteiger partial charge in [-0.2, -0.15) is 0 Å². The molecule has 16 heteroatoms. The summed E-state index contributed by atoms with van der Waals surface area (Å²) in [6.45, 7) is -0.833. The molecule has 0 bridgehead atoms. The van der Waals surface area contributed by atoms with Gasteiger partial charge in [-0.3, -0.25) is 23.7 Å². The number of amides is 2. The Bertz CT molecular complexity index is 1010. The molecular weight excluding hydrogens is 415 g/mol. The van der Waals surface area contributed by atoms with Crippen molar-refractivity contribution in [1.82, 2.24) is 24.8 Å². The number of hydrogen-bond donors (Lipinski definition) is 5. The first kappa shape index (κ1) is 19.6. The zero-order valence-corrected chi connectivity index (χ0v) is 15.3. The van der Waals surface area contributed by atoms with Crippen LogP contribution in [0.25, 0.3) is 11.2 Å². The van der Waals surface area contributed by atoms with Gasteiger partial charge in [0.15, 0.2) is 23.2 Å². The van der Waals surface area contributed by atoms with Crippen molar-refractivity contribution in [2.24, 2.45) is 0 Å². The first-order valence-corrected chi connectivity index (χ1v) is 9.68. The molecule has 2 aromatic heterocycles. The van der Waals surface area contributed by atoms with Crippen LogP contribution in [-0.4, -0.2) is 78.1 Å². The quantitative estimate of drug-likeness (QED) is 0.363. The van der Waals surface area contributed by atoms with Gasteiger partial charge in [-0.15, -0.1) is 0 Å². The summed E-state index contributed by atoms with van der Waals surface area (Å²) in [6, 6.07) is -0.811. The lowest BCUT2D eigenvalue weighted by molar-refractivity contribution is -0.135. The van der Waals surface area contributed by atoms with E-state index in [4.69, 9.17) is 14.4 Å². The maximum absolute atomic E-state index is 11.8. The van der Waals surface area contributed by atoms with Crippen molar-refractivity contribution in [3.05, 3.63) is 12.7 Å². The highest BCUT2D eigenvalue weighted by atomic mass is 31.2. The van der Waals surface area contributed by atoms with Crippen LogP contribution in [-0.2, 0) is 23.1 Å². The Morgan fingerprint density at radius 1 is 1.34 bits per heavy atom. The molecule has 29 heavy (non-hydrogen) atoms. The predicted molar refractivity (Wildman–Crippen MR) is 90.5 cm³/mol. The lowest BCUT2D eigenvalue weighted by Gasteiger charge is -2.27. The third-order valence-electron chi connectivity index (χ3n) is 4.23. The van der Waals surface area contributed by atoms with Crippen LogP contribution in [0, 0.1) is 0 Å². The van der Waals surface area contributed by atoms with Crippen LogP contribution in [0.2, 0.25) is 0 Å². The Balaban J connectivity index is 1.58. The molecule has 2 aliphatic heterocycles. The van der Waals surface area contributed by atoms with Crippen molar-refractivity contribution in [3.63, 3.8) is 0 Å². The number of phosphoric ester groups is 1. The van der Waals surface area contributed by atoms with E-state index in [1.165, 1.54) is 10.9 Å². The van der Waals surface area contributed by atoms with E-state index in [0.717, 1.165) is 6.33 Å². The monoisotopic (exact) mass is 430 g/mol. The number of ether oxygens (including phenoxy) is 1. The zero-order valence-electron chi connectivity index (χ0n) is 14.4. The van der Waals surface area contributed by atoms with E-state index >= 15 is 0 Å². The number of carbonyl (C=O) groups excluding carboxylic acids is 1. The maximum Gasteiger partial charge on any atom is 0.472 e. The van der Waals surface area contributed by atoms with Gasteiger partial charge in [0.1, 0.15) is 31.2 Å². The molecule has 5 atom stereocenters. The van der Waals surface area contributed by atoms with Crippen LogP contribution in [0.15, 0.2) is 12.7 Å². The number of carbonyl (C=O) groups is 2. The van der Waals surface area contributed by atoms with Crippen LogP contribution in [0.5, 0.6) is 0 Å². The molecule has 2 aliphatic rings. The standard InChI is InChI=1S/C13H15N6O9P/c20-6(21)1-14-13(23)18-10-7-11(16-3-15-10)19(4-17-7)12-8(22)9-5(27-12)2-26-29(24,25)28-9/h3-5,8-9,12,22H,1-2H2,(H,20,21)(H,24,25)(H2,14,15,16,18,23)/t5-,8-,9-,12-/m1/s1. The molecule has 156 valence electrons. The largest absolute Gasteiger partial charge is 0.480 e. The number of hydrogen-bond acceptors (Lipinski definition) is 10. The third-order valence-corrected chi connectivity index (χ3v) is 5.22. The molecule has 0 spiro atoms. The summed E-state index contributed by atoms with van der Waals surface area (Å²) in [5.74, 6) is -1.22. The molecule has 4 heterocycles. The van der Waals surface area contributed by atoms with Gasteiger partial charge in [-0.1, -0.05) is 0 Å². The number of aliphatic hydroxyl groups excluding tert-OH is 1. The Morgan fingerprint density at radius 3 is 2.90 bits per heavy atom. The van der Waals surface area contributed by atoms with E-state index in [-0.39, 0.29) is 23.6 Å². The maximum atomic E-state index is 11.8. The fourth-order valence-electron chi connectivity index (χ4n) is 3.00. The van der Waals surface area contributed by atoms with Crippen LogP contribution in [0.3, 0.4) is 0 Å². The van der Waals surface area contributed by atoms with E-state index in [2.05, 4.69) is 30.1 Å². The highest BCUT2D eigenvalue weighted by Gasteiger charge is 2.52. The van der Waals surface area contributed by atoms with Crippen molar-refractivity contribution in [2.75, 3.05) is 18.5 Å². The molecule has 2 fully saturated rings. The molecular formula is C13H15N6O9P. The number of aliphatic hydroxyl groups is 1. The van der Waals surface area contributed by atoms with Crippen LogP contribution < -0.4 is 10.6 Å². The van der Waals surface area contributed by atoms with E-state index in [0.29, 0.717) is 0 Å². The number of anilines is 1. The number of nitrogens with one attached hydrogen (secondary N) is 2.